The van der Waals surface area contributed by atoms with E-state index >= 15 is 0 Å². The van der Waals surface area contributed by atoms with E-state index < -0.39 is 72.4 Å². The van der Waals surface area contributed by atoms with Gasteiger partial charge in [-0.3, -0.25) is 9.59 Å². The molecule has 0 amide bonds. The summed E-state index contributed by atoms with van der Waals surface area (Å²) in [6.07, 6.45) is -7.89. The predicted molar refractivity (Wildman–Crippen MR) is 73.9 cm³/mol. The summed E-state index contributed by atoms with van der Waals surface area (Å²) < 4.78 is 7.77. The average molecular weight is 414 g/mol. The summed E-state index contributed by atoms with van der Waals surface area (Å²) in [6.45, 7) is 0. The maximum absolute atomic E-state index is 11.6. The average Bonchev–Trinajstić information content (AvgIpc) is 2.51. The van der Waals surface area contributed by atoms with E-state index in [2.05, 4.69) is 9.47 Å². The smallest absolute Gasteiger partial charge is 0.374 e. The van der Waals surface area contributed by atoms with Gasteiger partial charge in [0, 0.05) is 0 Å². The van der Waals surface area contributed by atoms with Gasteiger partial charge in [-0.1, -0.05) is 0 Å². The second-order valence-corrected chi connectivity index (χ2v) is 5.00. The van der Waals surface area contributed by atoms with E-state index in [1.165, 1.54) is 0 Å². The van der Waals surface area contributed by atoms with Crippen molar-refractivity contribution < 1.29 is 79.1 Å². The van der Waals surface area contributed by atoms with Crippen molar-refractivity contribution in [3.8, 4) is 0 Å². The number of carboxylic acid groups (broad SMARTS) is 4. The number of aliphatic carboxylic acids is 4. The van der Waals surface area contributed by atoms with Crippen LogP contribution in [0.2, 0.25) is 0 Å². The second-order valence-electron chi connectivity index (χ2n) is 5.00. The number of hydrogen-bond donors (Lipinski definition) is 8. The maximum Gasteiger partial charge on any atom is 0.374 e. The van der Waals surface area contributed by atoms with Gasteiger partial charge in [0.05, 0.1) is 12.8 Å². The number of rotatable bonds is 11. The monoisotopic (exact) mass is 414 g/mol. The summed E-state index contributed by atoms with van der Waals surface area (Å²) in [4.78, 5) is 65.6. The molecule has 0 aromatic rings. The number of hydrogen-bond acceptors (Lipinski definition) is 12. The Balaban J connectivity index is 5.53. The van der Waals surface area contributed by atoms with Crippen molar-refractivity contribution in [2.75, 3.05) is 0 Å². The zero-order valence-corrected chi connectivity index (χ0v) is 13.4. The van der Waals surface area contributed by atoms with Crippen molar-refractivity contribution in [3.05, 3.63) is 0 Å². The van der Waals surface area contributed by atoms with Crippen molar-refractivity contribution in [2.45, 2.75) is 36.6 Å². The largest absolute Gasteiger partial charge is 0.481 e. The molecule has 0 radical (unpaired) electrons. The van der Waals surface area contributed by atoms with E-state index in [1.54, 1.807) is 0 Å². The zero-order valence-electron chi connectivity index (χ0n) is 13.4. The first-order valence-corrected chi connectivity index (χ1v) is 6.74. The van der Waals surface area contributed by atoms with Crippen LogP contribution in [-0.4, -0.2) is 100 Å². The number of carboxylic acids is 4. The highest BCUT2D eigenvalue weighted by atomic mass is 16.7. The van der Waals surface area contributed by atoms with Crippen LogP contribution in [-0.2, 0) is 38.2 Å². The highest BCUT2D eigenvalue weighted by Gasteiger charge is 2.63. The molecule has 2 unspecified atom stereocenters. The van der Waals surface area contributed by atoms with Crippen molar-refractivity contribution in [1.82, 2.24) is 0 Å². The Morgan fingerprint density at radius 1 is 0.607 bits per heavy atom. The summed E-state index contributed by atoms with van der Waals surface area (Å²) in [5.41, 5.74) is 0. The molecule has 0 fully saturated rings. The molecule has 0 spiro atoms. The van der Waals surface area contributed by atoms with Gasteiger partial charge in [0.1, 0.15) is 0 Å². The van der Waals surface area contributed by atoms with Gasteiger partial charge in [-0.2, -0.15) is 0 Å². The minimum Gasteiger partial charge on any atom is -0.481 e. The van der Waals surface area contributed by atoms with Gasteiger partial charge in [0.25, 0.3) is 0 Å². The first kappa shape index (κ1) is 24.7. The van der Waals surface area contributed by atoms with Crippen LogP contribution in [0, 0.1) is 0 Å². The lowest BCUT2D eigenvalue weighted by Crippen LogP contribution is -2.65. The van der Waals surface area contributed by atoms with E-state index in [9.17, 15) is 49.2 Å². The van der Waals surface area contributed by atoms with E-state index in [4.69, 9.17) is 20.4 Å². The molecule has 0 saturated carbocycles. The fraction of sp³-hybridized carbons (Fsp3) is 0.500. The molecule has 16 nitrogen and oxygen atoms in total. The fourth-order valence-corrected chi connectivity index (χ4v) is 1.38. The highest BCUT2D eigenvalue weighted by molar-refractivity contribution is 5.92. The summed E-state index contributed by atoms with van der Waals surface area (Å²) in [7, 11) is 0. The van der Waals surface area contributed by atoms with Crippen molar-refractivity contribution in [2.24, 2.45) is 0 Å². The summed E-state index contributed by atoms with van der Waals surface area (Å²) >= 11 is 0. The maximum atomic E-state index is 11.6. The van der Waals surface area contributed by atoms with Gasteiger partial charge in [-0.05, 0) is 0 Å². The summed E-state index contributed by atoms with van der Waals surface area (Å²) in [6, 6.07) is 0. The van der Waals surface area contributed by atoms with Crippen molar-refractivity contribution in [1.29, 1.82) is 0 Å². The molecule has 28 heavy (non-hydrogen) atoms. The van der Waals surface area contributed by atoms with Gasteiger partial charge >= 0.3 is 47.4 Å². The van der Waals surface area contributed by atoms with Crippen LogP contribution in [0.1, 0.15) is 12.8 Å². The molecule has 0 aliphatic heterocycles. The Bertz CT molecular complexity index is 617. The number of carbonyl (C=O) groups is 6. The van der Waals surface area contributed by atoms with Crippen LogP contribution >= 0.6 is 0 Å². The van der Waals surface area contributed by atoms with Gasteiger partial charge < -0.3 is 50.3 Å². The lowest BCUT2D eigenvalue weighted by Gasteiger charge is -2.31. The molecule has 16 heteroatoms. The number of carbonyl (C=O) groups excluding carboxylic acids is 2. The van der Waals surface area contributed by atoms with Crippen molar-refractivity contribution in [3.63, 3.8) is 0 Å². The molecular formula is C12H14O16. The summed E-state index contributed by atoms with van der Waals surface area (Å²) in [5, 5.41) is 72.1. The van der Waals surface area contributed by atoms with Crippen LogP contribution in [0.3, 0.4) is 0 Å². The molecule has 8 N–H and O–H groups in total. The number of aliphatic hydroxyl groups is 4. The lowest BCUT2D eigenvalue weighted by atomic mass is 10.1. The SMILES string of the molecule is O=C(O)CC(OC(=O)C(O)(O)C(O)(O)C(=O)OC(CC(=O)O)C(=O)O)C(=O)O. The molecule has 2 atom stereocenters. The third kappa shape index (κ3) is 6.13. The molecule has 0 aliphatic rings. The minimum absolute atomic E-state index is 1.40. The van der Waals surface area contributed by atoms with E-state index in [1.807, 2.05) is 0 Å². The minimum atomic E-state index is -4.68. The predicted octanol–water partition coefficient (Wildman–Crippen LogP) is -4.71. The van der Waals surface area contributed by atoms with E-state index in [-0.39, 0.29) is 0 Å². The third-order valence-corrected chi connectivity index (χ3v) is 2.82. The second kappa shape index (κ2) is 9.04. The Morgan fingerprint density at radius 3 is 1.04 bits per heavy atom. The Kier molecular flexibility index (Phi) is 7.96. The highest BCUT2D eigenvalue weighted by Crippen LogP contribution is 2.23. The lowest BCUT2D eigenvalue weighted by molar-refractivity contribution is -0.338. The van der Waals surface area contributed by atoms with Gasteiger partial charge in [-0.25, -0.2) is 19.2 Å². The van der Waals surface area contributed by atoms with E-state index in [0.29, 0.717) is 0 Å². The first-order chi connectivity index (χ1) is 12.5. The molecule has 0 aliphatic carbocycles. The molecule has 0 saturated heterocycles. The van der Waals surface area contributed by atoms with Crippen LogP contribution in [0.15, 0.2) is 0 Å². The van der Waals surface area contributed by atoms with Crippen molar-refractivity contribution >= 4 is 35.8 Å². The molecular weight excluding hydrogens is 400 g/mol. The molecule has 0 bridgehead atoms. The molecule has 0 aromatic carbocycles. The van der Waals surface area contributed by atoms with Crippen LogP contribution < -0.4 is 0 Å². The Morgan fingerprint density at radius 2 is 0.857 bits per heavy atom. The van der Waals surface area contributed by atoms with E-state index in [0.717, 1.165) is 0 Å². The Hall–Kier alpha value is -3.34. The van der Waals surface area contributed by atoms with Crippen LogP contribution in [0.4, 0.5) is 0 Å². The first-order valence-electron chi connectivity index (χ1n) is 6.74. The topological polar surface area (TPSA) is 283 Å². The van der Waals surface area contributed by atoms with Gasteiger partial charge in [-0.15, -0.1) is 0 Å². The van der Waals surface area contributed by atoms with Crippen LogP contribution in [0.25, 0.3) is 0 Å². The standard InChI is InChI=1S/C12H14O16/c13-5(14)1-3(7(17)18)27-9(21)11(23,24)12(25,26)10(22)28-4(8(19)20)2-6(15)16/h3-4,23-26H,1-2H2,(H,13,14)(H,15,16)(H,17,18)(H,19,20). The molecule has 158 valence electrons. The molecule has 0 heterocycles. The molecule has 0 aromatic heterocycles. The zero-order chi connectivity index (χ0) is 22.4. The third-order valence-electron chi connectivity index (χ3n) is 2.82. The Labute approximate surface area is 152 Å². The summed E-state index contributed by atoms with van der Waals surface area (Å²) in [5.74, 6) is -22.4. The fourth-order valence-electron chi connectivity index (χ4n) is 1.38. The van der Waals surface area contributed by atoms with Crippen LogP contribution in [0.5, 0.6) is 0 Å². The molecule has 0 rings (SSSR count). The normalized spacial score (nSPS) is 13.7. The number of ether oxygens (including phenoxy) is 2. The van der Waals surface area contributed by atoms with Gasteiger partial charge in [0.15, 0.2) is 0 Å². The number of esters is 2. The quantitative estimate of drug-likeness (QED) is 0.116. The van der Waals surface area contributed by atoms with Gasteiger partial charge in [0.2, 0.25) is 12.2 Å².